The van der Waals surface area contributed by atoms with E-state index < -0.39 is 5.60 Å². The zero-order valence-electron chi connectivity index (χ0n) is 12.7. The molecule has 2 aromatic carbocycles. The van der Waals surface area contributed by atoms with E-state index in [2.05, 4.69) is 16.9 Å². The summed E-state index contributed by atoms with van der Waals surface area (Å²) in [7, 11) is 0. The lowest BCUT2D eigenvalue weighted by atomic mass is 9.81. The van der Waals surface area contributed by atoms with E-state index in [1.807, 2.05) is 55.5 Å². The van der Waals surface area contributed by atoms with E-state index in [0.29, 0.717) is 5.56 Å². The van der Waals surface area contributed by atoms with Crippen molar-refractivity contribution in [3.63, 3.8) is 0 Å². The SMILES string of the molecule is Cc1ccc(C(O)(c2ccccc2)c2cncnc2)cc1C. The van der Waals surface area contributed by atoms with Crippen LogP contribution in [-0.4, -0.2) is 15.1 Å². The van der Waals surface area contributed by atoms with E-state index in [1.54, 1.807) is 12.4 Å². The average Bonchev–Trinajstić information content (AvgIpc) is 2.58. The molecule has 1 unspecified atom stereocenters. The highest BCUT2D eigenvalue weighted by molar-refractivity contribution is 5.47. The summed E-state index contributed by atoms with van der Waals surface area (Å²) in [5.74, 6) is 0. The Morgan fingerprint density at radius 2 is 1.45 bits per heavy atom. The van der Waals surface area contributed by atoms with Crippen molar-refractivity contribution in [1.82, 2.24) is 9.97 Å². The lowest BCUT2D eigenvalue weighted by Gasteiger charge is -2.30. The van der Waals surface area contributed by atoms with Crippen molar-refractivity contribution in [3.8, 4) is 0 Å². The van der Waals surface area contributed by atoms with Gasteiger partial charge in [-0.3, -0.25) is 0 Å². The molecule has 3 rings (SSSR count). The first kappa shape index (κ1) is 14.4. The van der Waals surface area contributed by atoms with E-state index in [9.17, 15) is 5.11 Å². The van der Waals surface area contributed by atoms with Gasteiger partial charge in [-0.15, -0.1) is 0 Å². The van der Waals surface area contributed by atoms with Crippen molar-refractivity contribution >= 4 is 0 Å². The largest absolute Gasteiger partial charge is 0.376 e. The molecule has 0 saturated heterocycles. The van der Waals surface area contributed by atoms with Gasteiger partial charge in [0.25, 0.3) is 0 Å². The fraction of sp³-hybridized carbons (Fsp3) is 0.158. The predicted molar refractivity (Wildman–Crippen MR) is 86.5 cm³/mol. The highest BCUT2D eigenvalue weighted by Gasteiger charge is 2.34. The van der Waals surface area contributed by atoms with Crippen LogP contribution in [0, 0.1) is 13.8 Å². The monoisotopic (exact) mass is 290 g/mol. The summed E-state index contributed by atoms with van der Waals surface area (Å²) in [6.07, 6.45) is 4.79. The van der Waals surface area contributed by atoms with Crippen molar-refractivity contribution in [3.05, 3.63) is 95.1 Å². The normalized spacial score (nSPS) is 13.6. The number of benzene rings is 2. The number of rotatable bonds is 3. The van der Waals surface area contributed by atoms with Gasteiger partial charge in [-0.1, -0.05) is 48.5 Å². The highest BCUT2D eigenvalue weighted by atomic mass is 16.3. The molecule has 0 aliphatic heterocycles. The topological polar surface area (TPSA) is 46.0 Å². The second-order valence-electron chi connectivity index (χ2n) is 5.50. The maximum absolute atomic E-state index is 11.6. The third-order valence-corrected chi connectivity index (χ3v) is 4.09. The first-order chi connectivity index (χ1) is 10.6. The van der Waals surface area contributed by atoms with Crippen LogP contribution in [0.25, 0.3) is 0 Å². The van der Waals surface area contributed by atoms with Gasteiger partial charge in [0.15, 0.2) is 0 Å². The van der Waals surface area contributed by atoms with Crippen LogP contribution in [0.3, 0.4) is 0 Å². The minimum Gasteiger partial charge on any atom is -0.376 e. The summed E-state index contributed by atoms with van der Waals surface area (Å²) in [5.41, 5.74) is 3.35. The Hall–Kier alpha value is -2.52. The van der Waals surface area contributed by atoms with Crippen LogP contribution >= 0.6 is 0 Å². The standard InChI is InChI=1S/C19H18N2O/c1-14-8-9-17(10-15(14)2)19(22,16-6-4-3-5-7-16)18-11-20-13-21-12-18/h3-13,22H,1-2H3. The van der Waals surface area contributed by atoms with Gasteiger partial charge in [0.05, 0.1) is 0 Å². The molecule has 0 bridgehead atoms. The second kappa shape index (κ2) is 5.70. The Morgan fingerprint density at radius 3 is 2.09 bits per heavy atom. The van der Waals surface area contributed by atoms with Crippen LogP contribution in [0.15, 0.2) is 67.3 Å². The fourth-order valence-corrected chi connectivity index (χ4v) is 2.63. The molecule has 3 heteroatoms. The summed E-state index contributed by atoms with van der Waals surface area (Å²) in [4.78, 5) is 8.14. The first-order valence-electron chi connectivity index (χ1n) is 7.23. The molecule has 0 spiro atoms. The number of aryl methyl sites for hydroxylation is 2. The molecular weight excluding hydrogens is 272 g/mol. The molecule has 1 aromatic heterocycles. The molecule has 0 aliphatic carbocycles. The maximum Gasteiger partial charge on any atom is 0.143 e. The molecule has 3 aromatic rings. The molecule has 0 radical (unpaired) electrons. The van der Waals surface area contributed by atoms with Crippen molar-refractivity contribution in [2.24, 2.45) is 0 Å². The highest BCUT2D eigenvalue weighted by Crippen LogP contribution is 2.36. The van der Waals surface area contributed by atoms with Crippen molar-refractivity contribution in [2.45, 2.75) is 19.4 Å². The van der Waals surface area contributed by atoms with Crippen LogP contribution < -0.4 is 0 Å². The second-order valence-corrected chi connectivity index (χ2v) is 5.50. The molecule has 0 fully saturated rings. The molecular formula is C19H18N2O. The van der Waals surface area contributed by atoms with E-state index in [0.717, 1.165) is 16.7 Å². The molecule has 1 N–H and O–H groups in total. The van der Waals surface area contributed by atoms with Crippen LogP contribution in [0.2, 0.25) is 0 Å². The molecule has 110 valence electrons. The maximum atomic E-state index is 11.6. The summed E-state index contributed by atoms with van der Waals surface area (Å²) >= 11 is 0. The number of hydrogen-bond donors (Lipinski definition) is 1. The molecule has 1 heterocycles. The van der Waals surface area contributed by atoms with Crippen molar-refractivity contribution in [1.29, 1.82) is 0 Å². The van der Waals surface area contributed by atoms with Crippen molar-refractivity contribution < 1.29 is 5.11 Å². The van der Waals surface area contributed by atoms with Gasteiger partial charge >= 0.3 is 0 Å². The lowest BCUT2D eigenvalue weighted by Crippen LogP contribution is -2.29. The zero-order chi connectivity index (χ0) is 15.6. The summed E-state index contributed by atoms with van der Waals surface area (Å²) in [6, 6.07) is 15.6. The third-order valence-electron chi connectivity index (χ3n) is 4.09. The van der Waals surface area contributed by atoms with Crippen molar-refractivity contribution in [2.75, 3.05) is 0 Å². The minimum absolute atomic E-state index is 0.657. The molecule has 1 atom stereocenters. The van der Waals surface area contributed by atoms with Gasteiger partial charge in [-0.05, 0) is 36.1 Å². The van der Waals surface area contributed by atoms with Crippen LogP contribution in [0.4, 0.5) is 0 Å². The van der Waals surface area contributed by atoms with E-state index in [-0.39, 0.29) is 0 Å². The van der Waals surface area contributed by atoms with Crippen LogP contribution in [-0.2, 0) is 5.60 Å². The van der Waals surface area contributed by atoms with Gasteiger partial charge in [0.2, 0.25) is 0 Å². The number of aliphatic hydroxyl groups is 1. The van der Waals surface area contributed by atoms with Gasteiger partial charge in [0.1, 0.15) is 11.9 Å². The quantitative estimate of drug-likeness (QED) is 0.804. The van der Waals surface area contributed by atoms with E-state index in [4.69, 9.17) is 0 Å². The van der Waals surface area contributed by atoms with Gasteiger partial charge in [0, 0.05) is 18.0 Å². The predicted octanol–water partition coefficient (Wildman–Crippen LogP) is 3.38. The molecule has 3 nitrogen and oxygen atoms in total. The van der Waals surface area contributed by atoms with Gasteiger partial charge in [-0.2, -0.15) is 0 Å². The zero-order valence-corrected chi connectivity index (χ0v) is 12.7. The Kier molecular flexibility index (Phi) is 3.73. The van der Waals surface area contributed by atoms with E-state index >= 15 is 0 Å². The number of nitrogens with zero attached hydrogens (tertiary/aromatic N) is 2. The summed E-state index contributed by atoms with van der Waals surface area (Å²) < 4.78 is 0. The number of hydrogen-bond acceptors (Lipinski definition) is 3. The summed E-state index contributed by atoms with van der Waals surface area (Å²) in [6.45, 7) is 4.11. The average molecular weight is 290 g/mol. The lowest BCUT2D eigenvalue weighted by molar-refractivity contribution is 0.125. The fourth-order valence-electron chi connectivity index (χ4n) is 2.63. The first-order valence-corrected chi connectivity index (χ1v) is 7.23. The Bertz CT molecular complexity index is 730. The van der Waals surface area contributed by atoms with Gasteiger partial charge < -0.3 is 5.11 Å². The Morgan fingerprint density at radius 1 is 0.773 bits per heavy atom. The Labute approximate surface area is 130 Å². The third kappa shape index (κ3) is 2.40. The summed E-state index contributed by atoms with van der Waals surface area (Å²) in [5, 5.41) is 11.6. The minimum atomic E-state index is -1.26. The smallest absolute Gasteiger partial charge is 0.143 e. The van der Waals surface area contributed by atoms with Crippen LogP contribution in [0.5, 0.6) is 0 Å². The van der Waals surface area contributed by atoms with Gasteiger partial charge in [-0.25, -0.2) is 9.97 Å². The van der Waals surface area contributed by atoms with E-state index in [1.165, 1.54) is 11.9 Å². The molecule has 0 aliphatic rings. The van der Waals surface area contributed by atoms with Crippen LogP contribution in [0.1, 0.15) is 27.8 Å². The number of aromatic nitrogens is 2. The molecule has 22 heavy (non-hydrogen) atoms. The molecule has 0 amide bonds. The Balaban J connectivity index is 2.26. The molecule has 0 saturated carbocycles.